The van der Waals surface area contributed by atoms with Gasteiger partial charge in [0.1, 0.15) is 13.2 Å². The quantitative estimate of drug-likeness (QED) is 0.274. The Morgan fingerprint density at radius 2 is 1.19 bits per heavy atom. The first-order valence-electron chi connectivity index (χ1n) is 6.61. The van der Waals surface area contributed by atoms with E-state index in [1.807, 2.05) is 0 Å². The smallest absolute Gasteiger partial charge is 0.331 e. The van der Waals surface area contributed by atoms with Gasteiger partial charge in [-0.3, -0.25) is 4.79 Å². The summed E-state index contributed by atoms with van der Waals surface area (Å²) in [4.78, 5) is 20.5. The summed E-state index contributed by atoms with van der Waals surface area (Å²) >= 11 is 0. The van der Waals surface area contributed by atoms with Gasteiger partial charge in [0.2, 0.25) is 6.29 Å². The van der Waals surface area contributed by atoms with Crippen molar-refractivity contribution in [3.8, 4) is 0 Å². The van der Waals surface area contributed by atoms with E-state index in [2.05, 4.69) is 4.74 Å². The minimum Gasteiger partial charge on any atom is -0.467 e. The van der Waals surface area contributed by atoms with E-state index in [0.29, 0.717) is 52.9 Å². The first-order chi connectivity index (χ1) is 10.3. The molecular formula is C13H23O8. The topological polar surface area (TPSA) is 89.5 Å². The van der Waals surface area contributed by atoms with Crippen LogP contribution in [0.15, 0.2) is 0 Å². The van der Waals surface area contributed by atoms with Crippen molar-refractivity contribution in [1.82, 2.24) is 0 Å². The molecule has 0 N–H and O–H groups in total. The van der Waals surface area contributed by atoms with E-state index in [-0.39, 0.29) is 13.2 Å². The largest absolute Gasteiger partial charge is 0.467 e. The maximum Gasteiger partial charge on any atom is 0.331 e. The van der Waals surface area contributed by atoms with Gasteiger partial charge in [-0.15, -0.1) is 0 Å². The zero-order valence-electron chi connectivity index (χ0n) is 12.3. The summed E-state index contributed by atoms with van der Waals surface area (Å²) in [6.45, 7) is 3.22. The number of ether oxygens (including phenoxy) is 6. The number of carbonyl (C=O) groups excluding carboxylic acids is 2. The molecule has 0 aromatic heterocycles. The molecule has 0 aliphatic rings. The molecule has 0 heterocycles. The van der Waals surface area contributed by atoms with E-state index >= 15 is 0 Å². The zero-order chi connectivity index (χ0) is 15.6. The second-order valence-electron chi connectivity index (χ2n) is 3.66. The summed E-state index contributed by atoms with van der Waals surface area (Å²) in [7, 11) is 1.31. The Hall–Kier alpha value is -1.06. The Morgan fingerprint density at radius 1 is 0.762 bits per heavy atom. The van der Waals surface area contributed by atoms with Crippen LogP contribution in [0.1, 0.15) is 0 Å². The molecule has 0 aliphatic carbocycles. The number of methoxy groups -OCH3 is 1. The second kappa shape index (κ2) is 17.0. The van der Waals surface area contributed by atoms with Crippen molar-refractivity contribution in [3.05, 3.63) is 0 Å². The van der Waals surface area contributed by atoms with Crippen LogP contribution in [0, 0.1) is 0 Å². The molecule has 0 atom stereocenters. The van der Waals surface area contributed by atoms with E-state index in [1.165, 1.54) is 7.11 Å². The van der Waals surface area contributed by atoms with Gasteiger partial charge >= 0.3 is 5.97 Å². The molecule has 8 heteroatoms. The molecule has 0 aromatic carbocycles. The van der Waals surface area contributed by atoms with Crippen LogP contribution in [-0.2, 0) is 38.0 Å². The molecule has 0 spiro atoms. The Morgan fingerprint density at radius 3 is 1.62 bits per heavy atom. The lowest BCUT2D eigenvalue weighted by atomic mass is 10.7. The van der Waals surface area contributed by atoms with Crippen molar-refractivity contribution < 1.29 is 38.0 Å². The fourth-order valence-electron chi connectivity index (χ4n) is 1.11. The summed E-state index contributed by atoms with van der Waals surface area (Å²) in [5.41, 5.74) is 0. The molecule has 0 saturated carbocycles. The summed E-state index contributed by atoms with van der Waals surface area (Å²) in [6.07, 6.45) is 1.62. The fraction of sp³-hybridized carbons (Fsp3) is 0.846. The van der Waals surface area contributed by atoms with Crippen molar-refractivity contribution in [2.24, 2.45) is 0 Å². The molecule has 8 nitrogen and oxygen atoms in total. The standard InChI is InChI=1S/C13H23O8/c1-16-13(15)12-21-11-10-20-9-8-19-7-6-18-5-4-17-3-2-14/h3-12H2,1H3. The summed E-state index contributed by atoms with van der Waals surface area (Å²) in [5.74, 6) is -0.409. The van der Waals surface area contributed by atoms with Gasteiger partial charge in [0, 0.05) is 0 Å². The molecule has 0 rings (SSSR count). The van der Waals surface area contributed by atoms with Crippen molar-refractivity contribution in [2.45, 2.75) is 0 Å². The first kappa shape index (κ1) is 19.9. The highest BCUT2D eigenvalue weighted by Gasteiger charge is 1.98. The average Bonchev–Trinajstić information content (AvgIpc) is 2.50. The van der Waals surface area contributed by atoms with Gasteiger partial charge in [-0.2, -0.15) is 0 Å². The van der Waals surface area contributed by atoms with Gasteiger partial charge in [0.15, 0.2) is 0 Å². The second-order valence-corrected chi connectivity index (χ2v) is 3.66. The van der Waals surface area contributed by atoms with Gasteiger partial charge in [0.25, 0.3) is 0 Å². The molecule has 0 unspecified atom stereocenters. The Balaban J connectivity index is 2.99. The van der Waals surface area contributed by atoms with Crippen LogP contribution >= 0.6 is 0 Å². The van der Waals surface area contributed by atoms with E-state index in [0.717, 1.165) is 0 Å². The minimum absolute atomic E-state index is 0.0272. The summed E-state index contributed by atoms with van der Waals surface area (Å²) in [5, 5.41) is 0. The zero-order valence-corrected chi connectivity index (χ0v) is 12.3. The van der Waals surface area contributed by atoms with Crippen LogP contribution in [0.4, 0.5) is 0 Å². The Kier molecular flexibility index (Phi) is 16.1. The van der Waals surface area contributed by atoms with Crippen molar-refractivity contribution in [1.29, 1.82) is 0 Å². The highest BCUT2D eigenvalue weighted by molar-refractivity contribution is 5.70. The molecule has 123 valence electrons. The van der Waals surface area contributed by atoms with Crippen molar-refractivity contribution >= 4 is 12.3 Å². The number of hydrogen-bond acceptors (Lipinski definition) is 8. The third kappa shape index (κ3) is 16.9. The fourth-order valence-corrected chi connectivity index (χ4v) is 1.11. The number of esters is 1. The first-order valence-corrected chi connectivity index (χ1v) is 6.61. The summed E-state index contributed by atoms with van der Waals surface area (Å²) in [6, 6.07) is 0. The molecule has 0 aliphatic heterocycles. The van der Waals surface area contributed by atoms with Crippen LogP contribution in [0.5, 0.6) is 0 Å². The minimum atomic E-state index is -0.409. The van der Waals surface area contributed by atoms with Crippen LogP contribution in [0.3, 0.4) is 0 Å². The molecule has 0 aromatic rings. The van der Waals surface area contributed by atoms with Crippen LogP contribution in [0.25, 0.3) is 0 Å². The van der Waals surface area contributed by atoms with E-state index in [9.17, 15) is 9.59 Å². The highest BCUT2D eigenvalue weighted by atomic mass is 16.6. The Labute approximate surface area is 124 Å². The van der Waals surface area contributed by atoms with Gasteiger partial charge < -0.3 is 28.4 Å². The lowest BCUT2D eigenvalue weighted by Crippen LogP contribution is -2.15. The molecule has 0 amide bonds. The number of hydrogen-bond donors (Lipinski definition) is 0. The lowest BCUT2D eigenvalue weighted by Gasteiger charge is -2.07. The lowest BCUT2D eigenvalue weighted by molar-refractivity contribution is -0.146. The van der Waals surface area contributed by atoms with Gasteiger partial charge in [-0.25, -0.2) is 4.79 Å². The van der Waals surface area contributed by atoms with Gasteiger partial charge in [-0.1, -0.05) is 0 Å². The van der Waals surface area contributed by atoms with E-state index in [4.69, 9.17) is 23.7 Å². The number of carbonyl (C=O) groups is 1. The monoisotopic (exact) mass is 307 g/mol. The maximum absolute atomic E-state index is 10.7. The van der Waals surface area contributed by atoms with Crippen LogP contribution in [-0.4, -0.2) is 85.4 Å². The third-order valence-electron chi connectivity index (χ3n) is 2.10. The van der Waals surface area contributed by atoms with Gasteiger partial charge in [-0.05, 0) is 0 Å². The molecule has 0 saturated heterocycles. The molecule has 1 radical (unpaired) electrons. The predicted octanol–water partition coefficient (Wildman–Crippen LogP) is -0.648. The van der Waals surface area contributed by atoms with E-state index < -0.39 is 5.97 Å². The molecule has 0 fully saturated rings. The van der Waals surface area contributed by atoms with Gasteiger partial charge in [0.05, 0.1) is 60.0 Å². The number of rotatable bonds is 16. The normalized spacial score (nSPS) is 10.5. The molecular weight excluding hydrogens is 284 g/mol. The van der Waals surface area contributed by atoms with Crippen molar-refractivity contribution in [3.63, 3.8) is 0 Å². The van der Waals surface area contributed by atoms with Crippen LogP contribution in [0.2, 0.25) is 0 Å². The SMILES string of the molecule is COC(=O)COCCOCCOCCOCCOC[C]=O. The highest BCUT2D eigenvalue weighted by Crippen LogP contribution is 1.84. The maximum atomic E-state index is 10.7. The average molecular weight is 307 g/mol. The summed E-state index contributed by atoms with van der Waals surface area (Å²) < 4.78 is 29.9. The predicted molar refractivity (Wildman–Crippen MR) is 71.8 cm³/mol. The molecule has 21 heavy (non-hydrogen) atoms. The third-order valence-corrected chi connectivity index (χ3v) is 2.10. The van der Waals surface area contributed by atoms with Crippen LogP contribution < -0.4 is 0 Å². The van der Waals surface area contributed by atoms with Crippen molar-refractivity contribution in [2.75, 3.05) is 73.2 Å². The van der Waals surface area contributed by atoms with E-state index in [1.54, 1.807) is 6.29 Å². The molecule has 0 bridgehead atoms. The Bertz CT molecular complexity index is 246.